The highest BCUT2D eigenvalue weighted by molar-refractivity contribution is 5.77. The Hall–Kier alpha value is -0.610. The topological polar surface area (TPSA) is 72.4 Å². The zero-order chi connectivity index (χ0) is 12.4. The van der Waals surface area contributed by atoms with Crippen molar-refractivity contribution in [1.29, 1.82) is 0 Å². The first-order chi connectivity index (χ1) is 8.09. The summed E-state index contributed by atoms with van der Waals surface area (Å²) in [6.45, 7) is 3.06. The molecule has 0 bridgehead atoms. The van der Waals surface area contributed by atoms with Crippen molar-refractivity contribution in [3.63, 3.8) is 0 Å². The molecule has 0 aromatic heterocycles. The molecule has 1 saturated carbocycles. The van der Waals surface area contributed by atoms with E-state index in [1.165, 1.54) is 19.3 Å². The maximum absolute atomic E-state index is 11.3. The van der Waals surface area contributed by atoms with Gasteiger partial charge in [0.05, 0.1) is 5.92 Å². The summed E-state index contributed by atoms with van der Waals surface area (Å²) in [6, 6.07) is 1.28. The van der Waals surface area contributed by atoms with Gasteiger partial charge in [-0.1, -0.05) is 12.8 Å². The lowest BCUT2D eigenvalue weighted by Crippen LogP contribution is -2.57. The molecule has 4 heteroatoms. The highest BCUT2D eigenvalue weighted by Crippen LogP contribution is 2.29. The van der Waals surface area contributed by atoms with Crippen molar-refractivity contribution < 1.29 is 4.79 Å². The van der Waals surface area contributed by atoms with Crippen LogP contribution in [-0.4, -0.2) is 35.5 Å². The third-order valence-corrected chi connectivity index (χ3v) is 4.54. The molecule has 0 aromatic rings. The minimum atomic E-state index is -0.147. The number of carbonyl (C=O) groups excluding carboxylic acids is 1. The van der Waals surface area contributed by atoms with Gasteiger partial charge in [-0.2, -0.15) is 0 Å². The number of hydrogen-bond donors (Lipinski definition) is 2. The third-order valence-electron chi connectivity index (χ3n) is 4.54. The maximum atomic E-state index is 11.3. The minimum absolute atomic E-state index is 0.0281. The molecule has 4 atom stereocenters. The Balaban J connectivity index is 2.03. The molecule has 2 aliphatic rings. The number of piperidine rings is 1. The summed E-state index contributed by atoms with van der Waals surface area (Å²) in [4.78, 5) is 13.8. The number of amides is 1. The Labute approximate surface area is 104 Å². The summed E-state index contributed by atoms with van der Waals surface area (Å²) in [5, 5.41) is 0. The minimum Gasteiger partial charge on any atom is -0.369 e. The van der Waals surface area contributed by atoms with Crippen LogP contribution in [0.4, 0.5) is 0 Å². The Bertz CT molecular complexity index is 282. The molecule has 0 spiro atoms. The van der Waals surface area contributed by atoms with Crippen molar-refractivity contribution in [2.45, 2.75) is 63.6 Å². The van der Waals surface area contributed by atoms with E-state index < -0.39 is 0 Å². The number of hydrogen-bond acceptors (Lipinski definition) is 3. The van der Waals surface area contributed by atoms with E-state index in [4.69, 9.17) is 11.5 Å². The van der Waals surface area contributed by atoms with Crippen LogP contribution in [0.1, 0.15) is 45.4 Å². The van der Waals surface area contributed by atoms with Crippen molar-refractivity contribution in [2.24, 2.45) is 17.4 Å². The molecule has 1 amide bonds. The van der Waals surface area contributed by atoms with Crippen LogP contribution in [0.3, 0.4) is 0 Å². The van der Waals surface area contributed by atoms with Gasteiger partial charge in [0.1, 0.15) is 0 Å². The number of rotatable bonds is 2. The summed E-state index contributed by atoms with van der Waals surface area (Å²) in [6.07, 6.45) is 6.82. The molecule has 4 nitrogen and oxygen atoms in total. The molecule has 1 saturated heterocycles. The first kappa shape index (κ1) is 12.8. The van der Waals surface area contributed by atoms with Crippen LogP contribution < -0.4 is 11.5 Å². The summed E-state index contributed by atoms with van der Waals surface area (Å²) < 4.78 is 0. The molecule has 4 N–H and O–H groups in total. The van der Waals surface area contributed by atoms with E-state index in [2.05, 4.69) is 11.8 Å². The Morgan fingerprint density at radius 2 is 1.88 bits per heavy atom. The Morgan fingerprint density at radius 1 is 1.18 bits per heavy atom. The predicted molar refractivity (Wildman–Crippen MR) is 68.3 cm³/mol. The average molecular weight is 239 g/mol. The predicted octanol–water partition coefficient (Wildman–Crippen LogP) is 0.842. The van der Waals surface area contributed by atoms with E-state index >= 15 is 0 Å². The van der Waals surface area contributed by atoms with Crippen LogP contribution in [0.5, 0.6) is 0 Å². The number of primary amides is 1. The van der Waals surface area contributed by atoms with E-state index in [1.54, 1.807) is 0 Å². The van der Waals surface area contributed by atoms with Crippen LogP contribution >= 0.6 is 0 Å². The molecule has 98 valence electrons. The fourth-order valence-corrected chi connectivity index (χ4v) is 3.38. The van der Waals surface area contributed by atoms with Gasteiger partial charge < -0.3 is 11.5 Å². The zero-order valence-corrected chi connectivity index (χ0v) is 10.8. The highest BCUT2D eigenvalue weighted by Gasteiger charge is 2.36. The first-order valence-electron chi connectivity index (χ1n) is 6.90. The van der Waals surface area contributed by atoms with E-state index in [1.807, 2.05) is 0 Å². The normalized spacial score (nSPS) is 40.1. The number of nitrogens with two attached hydrogens (primary N) is 2. The molecule has 1 aliphatic heterocycles. The largest absolute Gasteiger partial charge is 0.369 e. The van der Waals surface area contributed by atoms with E-state index in [9.17, 15) is 4.79 Å². The van der Waals surface area contributed by atoms with Gasteiger partial charge in [-0.05, 0) is 32.6 Å². The average Bonchev–Trinajstić information content (AvgIpc) is 2.30. The van der Waals surface area contributed by atoms with Gasteiger partial charge in [-0.25, -0.2) is 0 Å². The van der Waals surface area contributed by atoms with Gasteiger partial charge in [0.15, 0.2) is 0 Å². The van der Waals surface area contributed by atoms with Crippen molar-refractivity contribution in [3.05, 3.63) is 0 Å². The first-order valence-corrected chi connectivity index (χ1v) is 6.90. The third kappa shape index (κ3) is 2.80. The van der Waals surface area contributed by atoms with Crippen LogP contribution in [0.25, 0.3) is 0 Å². The lowest BCUT2D eigenvalue weighted by molar-refractivity contribution is -0.124. The van der Waals surface area contributed by atoms with Crippen LogP contribution in [0.2, 0.25) is 0 Å². The van der Waals surface area contributed by atoms with Gasteiger partial charge in [0.2, 0.25) is 5.91 Å². The van der Waals surface area contributed by atoms with Crippen molar-refractivity contribution in [2.75, 3.05) is 6.54 Å². The molecule has 0 aromatic carbocycles. The van der Waals surface area contributed by atoms with Crippen LogP contribution in [0, 0.1) is 5.92 Å². The lowest BCUT2D eigenvalue weighted by atomic mass is 9.85. The molecule has 2 fully saturated rings. The molecule has 2 rings (SSSR count). The second-order valence-electron chi connectivity index (χ2n) is 5.74. The lowest BCUT2D eigenvalue weighted by Gasteiger charge is -2.45. The molecular formula is C13H25N3O. The van der Waals surface area contributed by atoms with E-state index in [0.29, 0.717) is 12.1 Å². The molecule has 4 unspecified atom stereocenters. The molecule has 1 heterocycles. The van der Waals surface area contributed by atoms with E-state index in [-0.39, 0.29) is 17.9 Å². The quantitative estimate of drug-likeness (QED) is 0.750. The van der Waals surface area contributed by atoms with Gasteiger partial charge >= 0.3 is 0 Å². The molecule has 1 aliphatic carbocycles. The fraction of sp³-hybridized carbons (Fsp3) is 0.923. The maximum Gasteiger partial charge on any atom is 0.221 e. The number of carbonyl (C=O) groups is 1. The monoisotopic (exact) mass is 239 g/mol. The van der Waals surface area contributed by atoms with Crippen LogP contribution in [0.15, 0.2) is 0 Å². The summed E-state index contributed by atoms with van der Waals surface area (Å²) in [5.41, 5.74) is 11.7. The summed E-state index contributed by atoms with van der Waals surface area (Å²) in [7, 11) is 0. The van der Waals surface area contributed by atoms with Gasteiger partial charge in [0.25, 0.3) is 0 Å². The van der Waals surface area contributed by atoms with Gasteiger partial charge in [-0.15, -0.1) is 0 Å². The highest BCUT2D eigenvalue weighted by atomic mass is 16.1. The SMILES string of the molecule is CC1CCC(C(N)=O)CN1C1CCCCC1N. The molecule has 17 heavy (non-hydrogen) atoms. The van der Waals surface area contributed by atoms with Crippen LogP contribution in [-0.2, 0) is 4.79 Å². The molecular weight excluding hydrogens is 214 g/mol. The summed E-state index contributed by atoms with van der Waals surface area (Å²) in [5.74, 6) is -0.119. The second kappa shape index (κ2) is 5.36. The molecule has 0 radical (unpaired) electrons. The van der Waals surface area contributed by atoms with Crippen molar-refractivity contribution in [1.82, 2.24) is 4.90 Å². The summed E-state index contributed by atoms with van der Waals surface area (Å²) >= 11 is 0. The Morgan fingerprint density at radius 3 is 2.53 bits per heavy atom. The van der Waals surface area contributed by atoms with Crippen molar-refractivity contribution in [3.8, 4) is 0 Å². The zero-order valence-electron chi connectivity index (χ0n) is 10.8. The Kier molecular flexibility index (Phi) is 4.05. The van der Waals surface area contributed by atoms with Gasteiger partial charge in [0, 0.05) is 24.7 Å². The van der Waals surface area contributed by atoms with Crippen molar-refractivity contribution >= 4 is 5.91 Å². The standard InChI is InChI=1S/C13H25N3O/c1-9-6-7-10(13(15)17)8-16(9)12-5-3-2-4-11(12)14/h9-12H,2-8,14H2,1H3,(H2,15,17). The number of nitrogens with zero attached hydrogens (tertiary/aromatic N) is 1. The van der Waals surface area contributed by atoms with Gasteiger partial charge in [-0.3, -0.25) is 9.69 Å². The smallest absolute Gasteiger partial charge is 0.221 e. The van der Waals surface area contributed by atoms with E-state index in [0.717, 1.165) is 25.8 Å². The fourth-order valence-electron chi connectivity index (χ4n) is 3.38. The number of likely N-dealkylation sites (tertiary alicyclic amines) is 1. The second-order valence-corrected chi connectivity index (χ2v) is 5.74.